The summed E-state index contributed by atoms with van der Waals surface area (Å²) in [6, 6.07) is 4.92. The first-order valence-corrected chi connectivity index (χ1v) is 15.5. The van der Waals surface area contributed by atoms with Gasteiger partial charge < -0.3 is 34.0 Å². The van der Waals surface area contributed by atoms with Crippen LogP contribution in [0.25, 0.3) is 6.08 Å². The highest BCUT2D eigenvalue weighted by molar-refractivity contribution is 5.71. The molecule has 1 aromatic carbocycles. The summed E-state index contributed by atoms with van der Waals surface area (Å²) < 4.78 is 32.3. The minimum Gasteiger partial charge on any atom is -0.457 e. The number of likely N-dealkylation sites (N-methyl/N-ethyl adjacent to an activating group) is 1. The number of piperazine rings is 1. The Balaban J connectivity index is 1.56. The van der Waals surface area contributed by atoms with E-state index in [-0.39, 0.29) is 36.3 Å². The van der Waals surface area contributed by atoms with Crippen LogP contribution >= 0.6 is 0 Å². The number of rotatable bonds is 4. The molecule has 0 spiro atoms. The van der Waals surface area contributed by atoms with E-state index in [1.165, 1.54) is 12.1 Å². The summed E-state index contributed by atoms with van der Waals surface area (Å²) in [5.74, 6) is -1.17. The number of anilines is 1. The minimum atomic E-state index is -0.866. The summed E-state index contributed by atoms with van der Waals surface area (Å²) in [5.41, 5.74) is 2.18. The number of cyclic esters (lactones) is 1. The van der Waals surface area contributed by atoms with Gasteiger partial charge in [0, 0.05) is 50.9 Å². The van der Waals surface area contributed by atoms with E-state index in [2.05, 4.69) is 9.80 Å². The molecule has 238 valence electrons. The molecule has 6 atom stereocenters. The zero-order valence-electron chi connectivity index (χ0n) is 26.2. The van der Waals surface area contributed by atoms with Crippen LogP contribution in [0.2, 0.25) is 0 Å². The first kappa shape index (κ1) is 33.0. The normalized spacial score (nSPS) is 31.0. The van der Waals surface area contributed by atoms with E-state index < -0.39 is 24.3 Å². The molecule has 0 bridgehead atoms. The van der Waals surface area contributed by atoms with Crippen molar-refractivity contribution in [3.8, 4) is 0 Å². The van der Waals surface area contributed by atoms with Gasteiger partial charge in [-0.15, -0.1) is 0 Å². The van der Waals surface area contributed by atoms with E-state index >= 15 is 0 Å². The van der Waals surface area contributed by atoms with Crippen LogP contribution in [0.4, 0.5) is 14.9 Å². The lowest BCUT2D eigenvalue weighted by Crippen LogP contribution is -2.48. The number of nitrogens with zero attached hydrogens (tertiary/aromatic N) is 3. The van der Waals surface area contributed by atoms with E-state index in [4.69, 9.17) is 14.2 Å². The molecule has 0 aliphatic carbocycles. The minimum absolute atomic E-state index is 0.0590. The second-order valence-corrected chi connectivity index (χ2v) is 12.5. The van der Waals surface area contributed by atoms with Crippen LogP contribution < -0.4 is 4.90 Å². The van der Waals surface area contributed by atoms with Crippen molar-refractivity contribution in [3.63, 3.8) is 0 Å². The van der Waals surface area contributed by atoms with E-state index in [9.17, 15) is 19.1 Å². The Morgan fingerprint density at radius 3 is 2.53 bits per heavy atom. The van der Waals surface area contributed by atoms with Crippen molar-refractivity contribution in [2.45, 2.75) is 71.4 Å². The largest absolute Gasteiger partial charge is 0.457 e. The van der Waals surface area contributed by atoms with E-state index in [0.29, 0.717) is 51.2 Å². The van der Waals surface area contributed by atoms with E-state index in [1.807, 2.05) is 59.0 Å². The first-order valence-electron chi connectivity index (χ1n) is 15.5. The summed E-state index contributed by atoms with van der Waals surface area (Å²) in [6.07, 6.45) is 4.19. The van der Waals surface area contributed by atoms with Crippen molar-refractivity contribution in [1.82, 2.24) is 9.80 Å². The number of halogens is 1. The average molecular weight is 602 g/mol. The molecule has 1 N–H and O–H groups in total. The SMILES string of the molecule is C/C(=C\c1cc(F)cc(N2CCOC(C)C2)c1)[C@H]1OC(=O)C[C@H](O)CC[C@H](C)[C@@H](OC(=O)N2CCN(C)CC2)/C=C/[C@@H]1C. The van der Waals surface area contributed by atoms with E-state index in [1.54, 1.807) is 4.90 Å². The van der Waals surface area contributed by atoms with Crippen molar-refractivity contribution in [1.29, 1.82) is 0 Å². The van der Waals surface area contributed by atoms with Crippen molar-refractivity contribution in [2.24, 2.45) is 11.8 Å². The number of aliphatic hydroxyl groups excluding tert-OH is 1. The summed E-state index contributed by atoms with van der Waals surface area (Å²) in [5, 5.41) is 10.6. The number of morpholine rings is 1. The van der Waals surface area contributed by atoms with Crippen LogP contribution in [0, 0.1) is 17.7 Å². The van der Waals surface area contributed by atoms with Crippen LogP contribution in [0.1, 0.15) is 52.5 Å². The van der Waals surface area contributed by atoms with Gasteiger partial charge in [0.1, 0.15) is 18.0 Å². The maximum atomic E-state index is 14.7. The molecule has 3 heterocycles. The van der Waals surface area contributed by atoms with Crippen LogP contribution in [-0.4, -0.2) is 104 Å². The number of hydrogen-bond donors (Lipinski definition) is 1. The summed E-state index contributed by atoms with van der Waals surface area (Å²) in [4.78, 5) is 31.9. The number of aliphatic hydroxyl groups is 1. The summed E-state index contributed by atoms with van der Waals surface area (Å²) in [6.45, 7) is 12.5. The maximum Gasteiger partial charge on any atom is 0.410 e. The Morgan fingerprint density at radius 1 is 1.07 bits per heavy atom. The van der Waals surface area contributed by atoms with E-state index in [0.717, 1.165) is 24.4 Å². The second-order valence-electron chi connectivity index (χ2n) is 12.5. The Labute approximate surface area is 255 Å². The van der Waals surface area contributed by atoms with Gasteiger partial charge in [-0.25, -0.2) is 9.18 Å². The third kappa shape index (κ3) is 9.52. The molecule has 2 fully saturated rings. The predicted molar refractivity (Wildman–Crippen MR) is 164 cm³/mol. The number of hydrogen-bond acceptors (Lipinski definition) is 8. The van der Waals surface area contributed by atoms with Crippen molar-refractivity contribution in [2.75, 3.05) is 57.8 Å². The van der Waals surface area contributed by atoms with Crippen LogP contribution in [0.15, 0.2) is 35.9 Å². The standard InChI is InChI=1S/C33H48FN3O6/c1-22-6-8-29(38)20-31(39)43-32(23(2)7-9-30(22)42-33(40)36-12-10-35(5)11-13-36)24(3)16-26-17-27(34)19-28(18-26)37-14-15-41-25(4)21-37/h7,9,16-19,22-23,25,29-30,32,38H,6,8,10-15,20-21H2,1-5H3/b9-7+,24-16+/t22-,23-,25?,29+,30-,32-/m0/s1. The third-order valence-electron chi connectivity index (χ3n) is 8.61. The molecule has 43 heavy (non-hydrogen) atoms. The van der Waals surface area contributed by atoms with Gasteiger partial charge in [0.25, 0.3) is 0 Å². The second kappa shape index (κ2) is 15.2. The number of carbonyl (C=O) groups excluding carboxylic acids is 2. The Morgan fingerprint density at radius 2 is 1.81 bits per heavy atom. The molecule has 2 saturated heterocycles. The molecule has 1 amide bonds. The molecular weight excluding hydrogens is 553 g/mol. The molecule has 1 aromatic rings. The van der Waals surface area contributed by atoms with Gasteiger partial charge in [-0.3, -0.25) is 4.79 Å². The topological polar surface area (TPSA) is 91.8 Å². The van der Waals surface area contributed by atoms with Gasteiger partial charge >= 0.3 is 12.1 Å². The maximum absolute atomic E-state index is 14.7. The number of ether oxygens (including phenoxy) is 3. The predicted octanol–water partition coefficient (Wildman–Crippen LogP) is 4.49. The van der Waals surface area contributed by atoms with Gasteiger partial charge in [-0.1, -0.05) is 26.0 Å². The van der Waals surface area contributed by atoms with Crippen molar-refractivity contribution in [3.05, 3.63) is 47.3 Å². The molecule has 10 heteroatoms. The van der Waals surface area contributed by atoms with Crippen LogP contribution in [0.5, 0.6) is 0 Å². The monoisotopic (exact) mass is 601 g/mol. The summed E-state index contributed by atoms with van der Waals surface area (Å²) in [7, 11) is 2.03. The zero-order chi connectivity index (χ0) is 31.1. The van der Waals surface area contributed by atoms with Gasteiger partial charge in [0.2, 0.25) is 0 Å². The van der Waals surface area contributed by atoms with Gasteiger partial charge in [0.15, 0.2) is 0 Å². The lowest BCUT2D eigenvalue weighted by Gasteiger charge is -2.33. The highest BCUT2D eigenvalue weighted by Crippen LogP contribution is 2.28. The number of benzene rings is 1. The van der Waals surface area contributed by atoms with Gasteiger partial charge in [-0.05, 0) is 75.1 Å². The Hall–Kier alpha value is -2.95. The quantitative estimate of drug-likeness (QED) is 0.399. The lowest BCUT2D eigenvalue weighted by molar-refractivity contribution is -0.151. The van der Waals surface area contributed by atoms with Gasteiger partial charge in [0.05, 0.1) is 25.2 Å². The Bertz CT molecular complexity index is 1170. The smallest absolute Gasteiger partial charge is 0.410 e. The average Bonchev–Trinajstić information content (AvgIpc) is 2.96. The molecule has 0 aromatic heterocycles. The molecular formula is C33H48FN3O6. The lowest BCUT2D eigenvalue weighted by atomic mass is 9.91. The molecule has 3 aliphatic rings. The molecule has 0 saturated carbocycles. The third-order valence-corrected chi connectivity index (χ3v) is 8.61. The van der Waals surface area contributed by atoms with Crippen LogP contribution in [0.3, 0.4) is 0 Å². The highest BCUT2D eigenvalue weighted by atomic mass is 19.1. The molecule has 3 aliphatic heterocycles. The molecule has 1 unspecified atom stereocenters. The molecule has 9 nitrogen and oxygen atoms in total. The van der Waals surface area contributed by atoms with Crippen LogP contribution in [-0.2, 0) is 19.0 Å². The zero-order valence-corrected chi connectivity index (χ0v) is 26.2. The Kier molecular flexibility index (Phi) is 11.6. The fourth-order valence-corrected chi connectivity index (χ4v) is 5.89. The molecule has 0 radical (unpaired) electrons. The first-order chi connectivity index (χ1) is 20.5. The summed E-state index contributed by atoms with van der Waals surface area (Å²) >= 11 is 0. The number of carbonyl (C=O) groups is 2. The fraction of sp³-hybridized carbons (Fsp3) is 0.636. The number of amides is 1. The fourth-order valence-electron chi connectivity index (χ4n) is 5.89. The van der Waals surface area contributed by atoms with Gasteiger partial charge in [-0.2, -0.15) is 0 Å². The van der Waals surface area contributed by atoms with Crippen molar-refractivity contribution < 1.29 is 33.3 Å². The molecule has 4 rings (SSSR count). The highest BCUT2D eigenvalue weighted by Gasteiger charge is 2.29. The van der Waals surface area contributed by atoms with Crippen molar-refractivity contribution >= 4 is 23.8 Å². The number of esters is 1.